The van der Waals surface area contributed by atoms with Crippen LogP contribution in [0.25, 0.3) is 10.9 Å². The molecule has 2 atom stereocenters. The van der Waals surface area contributed by atoms with Crippen LogP contribution in [-0.4, -0.2) is 66.0 Å². The molecule has 0 fully saturated rings. The summed E-state index contributed by atoms with van der Waals surface area (Å²) in [6.45, 7) is 10.8. The third-order valence-corrected chi connectivity index (χ3v) is 5.50. The molecule has 11 nitrogen and oxygen atoms in total. The molecule has 0 saturated carbocycles. The largest absolute Gasteiger partial charge is 0.467 e. The number of aromatic amines is 1. The number of esters is 1. The van der Waals surface area contributed by atoms with Crippen LogP contribution < -0.4 is 16.0 Å². The molecule has 39 heavy (non-hydrogen) atoms. The number of amides is 3. The number of methoxy groups -OCH3 is 1. The lowest BCUT2D eigenvalue weighted by atomic mass is 10.0. The average Bonchev–Trinajstić information content (AvgIpc) is 3.22. The summed E-state index contributed by atoms with van der Waals surface area (Å²) >= 11 is 0. The molecule has 0 bridgehead atoms. The van der Waals surface area contributed by atoms with E-state index in [9.17, 15) is 19.2 Å². The standard InChI is InChI=1S/C28H42N4O7/c1-27(2,3)38-25(35)29-15-11-10-14-21(32-26(36)39-28(4,5)6)23(33)31-22(24(34)37-7)16-18-17-30-20-13-9-8-12-19(18)20/h8-9,12-13,17,21-22,30H,10-11,14-16H2,1-7H3,(H,29,35)(H,31,33)(H,32,36). The first-order valence-electron chi connectivity index (χ1n) is 13.1. The molecular formula is C28H42N4O7. The fraction of sp³-hybridized carbons (Fsp3) is 0.571. The van der Waals surface area contributed by atoms with Gasteiger partial charge in [-0.1, -0.05) is 18.2 Å². The summed E-state index contributed by atoms with van der Waals surface area (Å²) < 4.78 is 15.5. The van der Waals surface area contributed by atoms with Crippen LogP contribution >= 0.6 is 0 Å². The van der Waals surface area contributed by atoms with Crippen molar-refractivity contribution in [3.63, 3.8) is 0 Å². The summed E-state index contributed by atoms with van der Waals surface area (Å²) in [4.78, 5) is 53.4. The van der Waals surface area contributed by atoms with E-state index in [2.05, 4.69) is 20.9 Å². The van der Waals surface area contributed by atoms with Gasteiger partial charge < -0.3 is 35.1 Å². The first-order chi connectivity index (χ1) is 18.2. The van der Waals surface area contributed by atoms with E-state index in [1.165, 1.54) is 7.11 Å². The Labute approximate surface area is 229 Å². The second kappa shape index (κ2) is 13.9. The third kappa shape index (κ3) is 11.3. The first kappa shape index (κ1) is 31.5. The van der Waals surface area contributed by atoms with Crippen molar-refractivity contribution >= 4 is 35.0 Å². The zero-order chi connectivity index (χ0) is 29.2. The second-order valence-electron chi connectivity index (χ2n) is 11.3. The molecule has 0 aliphatic heterocycles. The molecule has 0 spiro atoms. The minimum absolute atomic E-state index is 0.196. The highest BCUT2D eigenvalue weighted by Gasteiger charge is 2.29. The minimum Gasteiger partial charge on any atom is -0.467 e. The molecule has 1 aromatic heterocycles. The molecule has 3 amide bonds. The lowest BCUT2D eigenvalue weighted by Crippen LogP contribution is -2.53. The van der Waals surface area contributed by atoms with Gasteiger partial charge in [-0.3, -0.25) is 4.79 Å². The van der Waals surface area contributed by atoms with Crippen molar-refractivity contribution in [2.75, 3.05) is 13.7 Å². The first-order valence-corrected chi connectivity index (χ1v) is 13.1. The van der Waals surface area contributed by atoms with E-state index in [0.717, 1.165) is 16.5 Å². The maximum atomic E-state index is 13.3. The number of hydrogen-bond donors (Lipinski definition) is 4. The van der Waals surface area contributed by atoms with Crippen LogP contribution in [0.15, 0.2) is 30.5 Å². The highest BCUT2D eigenvalue weighted by atomic mass is 16.6. The van der Waals surface area contributed by atoms with Crippen molar-refractivity contribution in [3.8, 4) is 0 Å². The summed E-state index contributed by atoms with van der Waals surface area (Å²) in [5.74, 6) is -1.15. The summed E-state index contributed by atoms with van der Waals surface area (Å²) in [6, 6.07) is 5.69. The molecule has 4 N–H and O–H groups in total. The molecule has 1 aromatic carbocycles. The Hall–Kier alpha value is -3.76. The maximum Gasteiger partial charge on any atom is 0.408 e. The Morgan fingerprint density at radius 1 is 0.872 bits per heavy atom. The number of carbonyl (C=O) groups is 4. The number of benzene rings is 1. The summed E-state index contributed by atoms with van der Waals surface area (Å²) in [5.41, 5.74) is 0.387. The topological polar surface area (TPSA) is 148 Å². The Morgan fingerprint density at radius 3 is 2.15 bits per heavy atom. The molecule has 1 heterocycles. The van der Waals surface area contributed by atoms with E-state index < -0.39 is 47.3 Å². The monoisotopic (exact) mass is 546 g/mol. The van der Waals surface area contributed by atoms with Crippen molar-refractivity contribution in [1.82, 2.24) is 20.9 Å². The number of carbonyl (C=O) groups excluding carboxylic acids is 4. The number of ether oxygens (including phenoxy) is 3. The van der Waals surface area contributed by atoms with E-state index >= 15 is 0 Å². The number of rotatable bonds is 11. The Bertz CT molecular complexity index is 1130. The smallest absolute Gasteiger partial charge is 0.408 e. The van der Waals surface area contributed by atoms with Crippen LogP contribution in [0, 0.1) is 0 Å². The van der Waals surface area contributed by atoms with E-state index in [1.807, 2.05) is 24.3 Å². The molecule has 11 heteroatoms. The van der Waals surface area contributed by atoms with Gasteiger partial charge in [0, 0.05) is 30.1 Å². The van der Waals surface area contributed by atoms with Crippen molar-refractivity contribution < 1.29 is 33.4 Å². The van der Waals surface area contributed by atoms with Gasteiger partial charge in [-0.05, 0) is 72.4 Å². The molecular weight excluding hydrogens is 504 g/mol. The second-order valence-corrected chi connectivity index (χ2v) is 11.3. The van der Waals surface area contributed by atoms with E-state index in [0.29, 0.717) is 19.4 Å². The highest BCUT2D eigenvalue weighted by Crippen LogP contribution is 2.19. The zero-order valence-corrected chi connectivity index (χ0v) is 23.9. The van der Waals surface area contributed by atoms with E-state index in [4.69, 9.17) is 14.2 Å². The number of alkyl carbamates (subject to hydrolysis) is 2. The van der Waals surface area contributed by atoms with Gasteiger partial charge in [-0.25, -0.2) is 14.4 Å². The average molecular weight is 547 g/mol. The fourth-order valence-corrected chi connectivity index (χ4v) is 3.82. The SMILES string of the molecule is COC(=O)C(Cc1c[nH]c2ccccc12)NC(=O)C(CCCCNC(=O)OC(C)(C)C)NC(=O)OC(C)(C)C. The summed E-state index contributed by atoms with van der Waals surface area (Å²) in [7, 11) is 1.25. The summed E-state index contributed by atoms with van der Waals surface area (Å²) in [6.07, 6.45) is 2.00. The Balaban J connectivity index is 2.07. The van der Waals surface area contributed by atoms with Crippen LogP contribution in [0.1, 0.15) is 66.4 Å². The van der Waals surface area contributed by atoms with Gasteiger partial charge in [0.2, 0.25) is 5.91 Å². The van der Waals surface area contributed by atoms with Crippen molar-refractivity contribution in [2.24, 2.45) is 0 Å². The molecule has 2 aromatic rings. The van der Waals surface area contributed by atoms with Gasteiger partial charge in [-0.2, -0.15) is 0 Å². The van der Waals surface area contributed by atoms with Gasteiger partial charge in [0.1, 0.15) is 23.3 Å². The zero-order valence-electron chi connectivity index (χ0n) is 23.9. The number of H-pyrrole nitrogens is 1. The molecule has 2 rings (SSSR count). The fourth-order valence-electron chi connectivity index (χ4n) is 3.82. The van der Waals surface area contributed by atoms with E-state index in [-0.39, 0.29) is 12.8 Å². The number of para-hydroxylation sites is 1. The lowest BCUT2D eigenvalue weighted by molar-refractivity contribution is -0.145. The lowest BCUT2D eigenvalue weighted by Gasteiger charge is -2.25. The van der Waals surface area contributed by atoms with Crippen molar-refractivity contribution in [2.45, 2.75) is 90.5 Å². The van der Waals surface area contributed by atoms with Crippen molar-refractivity contribution in [1.29, 1.82) is 0 Å². The summed E-state index contributed by atoms with van der Waals surface area (Å²) in [5, 5.41) is 8.95. The van der Waals surface area contributed by atoms with Gasteiger partial charge >= 0.3 is 18.2 Å². The maximum absolute atomic E-state index is 13.3. The van der Waals surface area contributed by atoms with Crippen molar-refractivity contribution in [3.05, 3.63) is 36.0 Å². The normalized spacial score (nSPS) is 13.2. The predicted octanol–water partition coefficient (Wildman–Crippen LogP) is 3.96. The Morgan fingerprint density at radius 2 is 1.51 bits per heavy atom. The van der Waals surface area contributed by atoms with Crippen LogP contribution in [0.5, 0.6) is 0 Å². The third-order valence-electron chi connectivity index (χ3n) is 5.50. The molecule has 216 valence electrons. The highest BCUT2D eigenvalue weighted by molar-refractivity contribution is 5.90. The number of fused-ring (bicyclic) bond motifs is 1. The molecule has 0 aliphatic carbocycles. The number of nitrogens with one attached hydrogen (secondary N) is 4. The van der Waals surface area contributed by atoms with Gasteiger partial charge in [0.05, 0.1) is 7.11 Å². The number of aromatic nitrogens is 1. The molecule has 2 unspecified atom stereocenters. The van der Waals surface area contributed by atoms with Gasteiger partial charge in [0.15, 0.2) is 0 Å². The van der Waals surface area contributed by atoms with Crippen LogP contribution in [-0.2, 0) is 30.2 Å². The number of unbranched alkanes of at least 4 members (excludes halogenated alkanes) is 1. The molecule has 0 radical (unpaired) electrons. The molecule has 0 aliphatic rings. The predicted molar refractivity (Wildman–Crippen MR) is 147 cm³/mol. The quantitative estimate of drug-likeness (QED) is 0.189. The van der Waals surface area contributed by atoms with Crippen LogP contribution in [0.2, 0.25) is 0 Å². The molecule has 0 saturated heterocycles. The van der Waals surface area contributed by atoms with Crippen LogP contribution in [0.4, 0.5) is 9.59 Å². The van der Waals surface area contributed by atoms with Gasteiger partial charge in [-0.15, -0.1) is 0 Å². The minimum atomic E-state index is -0.975. The van der Waals surface area contributed by atoms with E-state index in [1.54, 1.807) is 47.7 Å². The van der Waals surface area contributed by atoms with Crippen LogP contribution in [0.3, 0.4) is 0 Å². The van der Waals surface area contributed by atoms with Gasteiger partial charge in [0.25, 0.3) is 0 Å². The Kier molecular flexibility index (Phi) is 11.2. The number of hydrogen-bond acceptors (Lipinski definition) is 7.